The van der Waals surface area contributed by atoms with E-state index in [0.29, 0.717) is 12.0 Å². The Bertz CT molecular complexity index is 347. The van der Waals surface area contributed by atoms with Gasteiger partial charge in [-0.3, -0.25) is 4.90 Å². The Morgan fingerprint density at radius 1 is 1.47 bits per heavy atom. The monoisotopic (exact) mass is 236 g/mol. The second-order valence-electron chi connectivity index (χ2n) is 4.89. The maximum absolute atomic E-state index is 4.30. The van der Waals surface area contributed by atoms with Crippen LogP contribution < -0.4 is 5.32 Å². The first-order chi connectivity index (χ1) is 8.27. The summed E-state index contributed by atoms with van der Waals surface area (Å²) >= 11 is 0. The van der Waals surface area contributed by atoms with E-state index in [0.717, 1.165) is 19.6 Å². The van der Waals surface area contributed by atoms with Gasteiger partial charge in [0.25, 0.3) is 0 Å². The molecule has 1 aliphatic heterocycles. The molecule has 0 radical (unpaired) electrons. The number of rotatable bonds is 5. The van der Waals surface area contributed by atoms with Crippen LogP contribution in [0.2, 0.25) is 0 Å². The van der Waals surface area contributed by atoms with Crippen LogP contribution in [0.15, 0.2) is 12.5 Å². The van der Waals surface area contributed by atoms with Gasteiger partial charge in [-0.15, -0.1) is 0 Å². The Morgan fingerprint density at radius 3 is 3.00 bits per heavy atom. The van der Waals surface area contributed by atoms with Crippen LogP contribution in [0, 0.1) is 5.92 Å². The Morgan fingerprint density at radius 2 is 2.29 bits per heavy atom. The number of likely N-dealkylation sites (tertiary alicyclic amines) is 1. The molecule has 0 saturated carbocycles. The van der Waals surface area contributed by atoms with E-state index < -0.39 is 0 Å². The van der Waals surface area contributed by atoms with Gasteiger partial charge in [-0.25, -0.2) is 4.98 Å². The Hall–Kier alpha value is -0.870. The zero-order valence-electron chi connectivity index (χ0n) is 11.2. The van der Waals surface area contributed by atoms with Crippen LogP contribution >= 0.6 is 0 Å². The van der Waals surface area contributed by atoms with Crippen LogP contribution in [-0.4, -0.2) is 41.1 Å². The molecule has 1 aromatic rings. The molecule has 4 nitrogen and oxygen atoms in total. The van der Waals surface area contributed by atoms with Gasteiger partial charge < -0.3 is 9.88 Å². The van der Waals surface area contributed by atoms with Gasteiger partial charge in [-0.1, -0.05) is 6.92 Å². The number of aromatic nitrogens is 2. The molecule has 0 amide bonds. The van der Waals surface area contributed by atoms with Gasteiger partial charge in [-0.2, -0.15) is 0 Å². The normalized spacial score (nSPS) is 25.6. The fourth-order valence-corrected chi connectivity index (χ4v) is 2.88. The number of nitrogens with zero attached hydrogens (tertiary/aromatic N) is 3. The van der Waals surface area contributed by atoms with Crippen molar-refractivity contribution in [3.05, 3.63) is 18.2 Å². The largest absolute Gasteiger partial charge is 0.333 e. The highest BCUT2D eigenvalue weighted by Gasteiger charge is 2.34. The van der Waals surface area contributed by atoms with Crippen LogP contribution in [-0.2, 0) is 6.54 Å². The molecule has 1 aromatic heterocycles. The van der Waals surface area contributed by atoms with Crippen molar-refractivity contribution < 1.29 is 0 Å². The zero-order chi connectivity index (χ0) is 12.3. The van der Waals surface area contributed by atoms with Gasteiger partial charge in [0.1, 0.15) is 0 Å². The van der Waals surface area contributed by atoms with Gasteiger partial charge in [-0.05, 0) is 45.9 Å². The fourth-order valence-electron chi connectivity index (χ4n) is 2.88. The summed E-state index contributed by atoms with van der Waals surface area (Å²) in [6.45, 7) is 8.72. The summed E-state index contributed by atoms with van der Waals surface area (Å²) in [5.74, 6) is 0.710. The van der Waals surface area contributed by atoms with Crippen molar-refractivity contribution in [3.63, 3.8) is 0 Å². The molecule has 2 unspecified atom stereocenters. The van der Waals surface area contributed by atoms with Crippen molar-refractivity contribution in [1.29, 1.82) is 0 Å². The number of hydrogen-bond acceptors (Lipinski definition) is 3. The molecule has 1 fully saturated rings. The van der Waals surface area contributed by atoms with E-state index in [2.05, 4.69) is 40.7 Å². The van der Waals surface area contributed by atoms with E-state index in [9.17, 15) is 0 Å². The molecule has 2 atom stereocenters. The molecule has 0 aromatic carbocycles. The van der Waals surface area contributed by atoms with Crippen LogP contribution in [0.4, 0.5) is 0 Å². The van der Waals surface area contributed by atoms with Crippen molar-refractivity contribution in [2.75, 3.05) is 26.7 Å². The predicted octanol–water partition coefficient (Wildman–Crippen LogP) is 1.51. The van der Waals surface area contributed by atoms with E-state index in [4.69, 9.17) is 0 Å². The molecule has 0 spiro atoms. The van der Waals surface area contributed by atoms with Gasteiger partial charge >= 0.3 is 0 Å². The summed E-state index contributed by atoms with van der Waals surface area (Å²) in [6, 6.07) is 0.525. The lowest BCUT2D eigenvalue weighted by Crippen LogP contribution is -2.29. The highest BCUT2D eigenvalue weighted by molar-refractivity contribution is 5.10. The predicted molar refractivity (Wildman–Crippen MR) is 69.9 cm³/mol. The molecule has 17 heavy (non-hydrogen) atoms. The SMILES string of the molecule is CCNCC1CCN(C)C1c1cncn1CC. The Balaban J connectivity index is 2.15. The van der Waals surface area contributed by atoms with Gasteiger partial charge in [0, 0.05) is 12.7 Å². The minimum absolute atomic E-state index is 0.525. The quantitative estimate of drug-likeness (QED) is 0.841. The molecular weight excluding hydrogens is 212 g/mol. The number of aryl methyl sites for hydroxylation is 1. The average Bonchev–Trinajstić information content (AvgIpc) is 2.92. The second kappa shape index (κ2) is 5.65. The summed E-state index contributed by atoms with van der Waals surface area (Å²) in [6.07, 6.45) is 5.27. The van der Waals surface area contributed by atoms with Crippen LogP contribution in [0.25, 0.3) is 0 Å². The third-order valence-corrected chi connectivity index (χ3v) is 3.82. The standard InChI is InChI=1S/C13H24N4/c1-4-14-8-11-6-7-16(3)13(11)12-9-15-10-17(12)5-2/h9-11,13-14H,4-8H2,1-3H3. The number of hydrogen-bond donors (Lipinski definition) is 1. The third-order valence-electron chi connectivity index (χ3n) is 3.82. The fraction of sp³-hybridized carbons (Fsp3) is 0.769. The number of imidazole rings is 1. The smallest absolute Gasteiger partial charge is 0.0948 e. The van der Waals surface area contributed by atoms with Crippen LogP contribution in [0.1, 0.15) is 32.0 Å². The van der Waals surface area contributed by atoms with E-state index in [-0.39, 0.29) is 0 Å². The summed E-state index contributed by atoms with van der Waals surface area (Å²) in [5, 5.41) is 3.48. The topological polar surface area (TPSA) is 33.1 Å². The summed E-state index contributed by atoms with van der Waals surface area (Å²) in [4.78, 5) is 6.77. The molecule has 1 aliphatic rings. The molecular formula is C13H24N4. The Kier molecular flexibility index (Phi) is 4.18. The summed E-state index contributed by atoms with van der Waals surface area (Å²) in [5.41, 5.74) is 1.37. The zero-order valence-corrected chi connectivity index (χ0v) is 11.2. The lowest BCUT2D eigenvalue weighted by molar-refractivity contribution is 0.261. The molecule has 0 bridgehead atoms. The highest BCUT2D eigenvalue weighted by atomic mass is 15.2. The van der Waals surface area contributed by atoms with Crippen LogP contribution in [0.5, 0.6) is 0 Å². The van der Waals surface area contributed by atoms with Crippen molar-refractivity contribution >= 4 is 0 Å². The molecule has 1 N–H and O–H groups in total. The number of nitrogens with one attached hydrogen (secondary N) is 1. The first kappa shape index (κ1) is 12.6. The molecule has 4 heteroatoms. The van der Waals surface area contributed by atoms with Gasteiger partial charge in [0.05, 0.1) is 18.1 Å². The minimum atomic E-state index is 0.525. The first-order valence-electron chi connectivity index (χ1n) is 6.68. The van der Waals surface area contributed by atoms with Gasteiger partial charge in [0.15, 0.2) is 0 Å². The summed E-state index contributed by atoms with van der Waals surface area (Å²) < 4.78 is 2.27. The molecule has 1 saturated heterocycles. The summed E-state index contributed by atoms with van der Waals surface area (Å²) in [7, 11) is 2.23. The van der Waals surface area contributed by atoms with E-state index in [1.165, 1.54) is 18.7 Å². The van der Waals surface area contributed by atoms with E-state index in [1.54, 1.807) is 0 Å². The van der Waals surface area contributed by atoms with Crippen molar-refractivity contribution in [3.8, 4) is 0 Å². The lowest BCUT2D eigenvalue weighted by atomic mass is 9.97. The molecule has 0 aliphatic carbocycles. The molecule has 2 heterocycles. The van der Waals surface area contributed by atoms with E-state index >= 15 is 0 Å². The van der Waals surface area contributed by atoms with Crippen molar-refractivity contribution in [2.24, 2.45) is 5.92 Å². The molecule has 2 rings (SSSR count). The van der Waals surface area contributed by atoms with Crippen LogP contribution in [0.3, 0.4) is 0 Å². The third kappa shape index (κ3) is 2.53. The van der Waals surface area contributed by atoms with Gasteiger partial charge in [0.2, 0.25) is 0 Å². The Labute approximate surface area is 104 Å². The second-order valence-corrected chi connectivity index (χ2v) is 4.89. The van der Waals surface area contributed by atoms with E-state index in [1.807, 2.05) is 12.5 Å². The highest BCUT2D eigenvalue weighted by Crippen LogP contribution is 2.35. The maximum Gasteiger partial charge on any atom is 0.0948 e. The van der Waals surface area contributed by atoms with Crippen molar-refractivity contribution in [2.45, 2.75) is 32.9 Å². The minimum Gasteiger partial charge on any atom is -0.333 e. The first-order valence-corrected chi connectivity index (χ1v) is 6.68. The maximum atomic E-state index is 4.30. The lowest BCUT2D eigenvalue weighted by Gasteiger charge is -2.26. The van der Waals surface area contributed by atoms with Crippen molar-refractivity contribution in [1.82, 2.24) is 19.8 Å². The average molecular weight is 236 g/mol. The molecule has 96 valence electrons.